The molecule has 36 nitrogen and oxygen atoms in total. The fourth-order valence-electron chi connectivity index (χ4n) is 12.2. The molecule has 24 bridgehead atoms. The number of rotatable bonds is 12. The minimum atomic E-state index is -1.66. The van der Waals surface area contributed by atoms with E-state index >= 15 is 0 Å². The molecule has 0 radical (unpaired) electrons. The van der Waals surface area contributed by atoms with Gasteiger partial charge in [-0.1, -0.05) is 0 Å². The number of hydrogen-bond donors (Lipinski definition) is 6. The van der Waals surface area contributed by atoms with Crippen LogP contribution < -0.4 is 61.3 Å². The number of aromatic carboxylic acids is 12. The molecular formula is C72H30N12O24Rh4. The Hall–Kier alpha value is -14.1. The Kier molecular flexibility index (Phi) is 23.7. The van der Waals surface area contributed by atoms with Crippen LogP contribution in [0, 0.1) is 0 Å². The molecule has 15 heterocycles. The van der Waals surface area contributed by atoms with E-state index in [9.17, 15) is 119 Å². The summed E-state index contributed by atoms with van der Waals surface area (Å²) in [5, 5.41) is 144. The minimum absolute atomic E-state index is 0. The Morgan fingerprint density at radius 2 is 0.232 bits per heavy atom. The first kappa shape index (κ1) is 82.0. The number of carbonyl (C=O) groups excluding carboxylic acids is 12. The monoisotopic (exact) mass is 1860 g/mol. The molecule has 0 atom stereocenters. The molecule has 40 heteroatoms. The second kappa shape index (κ2) is 32.4. The van der Waals surface area contributed by atoms with Gasteiger partial charge in [-0.2, -0.15) is 0 Å². The van der Waals surface area contributed by atoms with Crippen LogP contribution >= 0.6 is 0 Å². The van der Waals surface area contributed by atoms with Crippen LogP contribution in [-0.2, 0) is 77.9 Å². The summed E-state index contributed by atoms with van der Waals surface area (Å²) < 4.78 is 0. The number of carboxylic acids is 12. The SMILES string of the molecule is O=C([O-])c1c2nc(c(C(=O)[O-])c3ccc([nH]3)c(C(=O)[O-])c3nc(c(C(=O)[O-])c4ccc1[nH]4)C=C3)C=C2.O=C([O-])c1c2nc(c(C(=O)[O-])c3ccc([nH]3)c(C(=O)[O-])c3nc(c(C(=O)[O-])c4ccc1[nH]4)C=C3)C=C2.O=C([O-])c1c2nc(c(C(=O)[O-])c3ccc([nH]3)c(C(=O)[O-])c3nc(c(C(=O)[O-])c4ccc1[nH]4)C=C3)C=C2.[Rh+3].[Rh+3].[Rh+3].[Rh+3]. The Bertz CT molecular complexity index is 5170. The number of hydrogen-bond acceptors (Lipinski definition) is 30. The van der Waals surface area contributed by atoms with Crippen molar-refractivity contribution in [2.45, 2.75) is 0 Å². The summed E-state index contributed by atoms with van der Waals surface area (Å²) in [4.78, 5) is 184. The summed E-state index contributed by atoms with van der Waals surface area (Å²) in [5.74, 6) is -20.0. The smallest absolute Gasteiger partial charge is 0.545 e. The number of H-pyrrole nitrogens is 6. The number of fused-ring (bicyclic) bond motifs is 24. The average Bonchev–Trinajstić information content (AvgIpc) is 1.63. The number of nitrogens with one attached hydrogen (secondary N) is 6. The second-order valence-corrected chi connectivity index (χ2v) is 23.0. The molecular weight excluding hydrogens is 1830 g/mol. The van der Waals surface area contributed by atoms with Gasteiger partial charge in [0, 0.05) is 133 Å². The first-order valence-corrected chi connectivity index (χ1v) is 30.5. The van der Waals surface area contributed by atoms with E-state index in [4.69, 9.17) is 0 Å². The third-order valence-electron chi connectivity index (χ3n) is 16.7. The van der Waals surface area contributed by atoms with E-state index < -0.39 is 138 Å². The fourth-order valence-corrected chi connectivity index (χ4v) is 12.2. The summed E-state index contributed by atoms with van der Waals surface area (Å²) >= 11 is 0. The normalized spacial score (nSPS) is 11.6. The van der Waals surface area contributed by atoms with E-state index in [0.717, 1.165) is 0 Å². The summed E-state index contributed by atoms with van der Waals surface area (Å²) in [7, 11) is 0. The van der Waals surface area contributed by atoms with Gasteiger partial charge in [-0.25, -0.2) is 29.9 Å². The zero-order valence-electron chi connectivity index (χ0n) is 54.7. The third-order valence-corrected chi connectivity index (χ3v) is 16.7. The Morgan fingerprint density at radius 1 is 0.161 bits per heavy atom. The van der Waals surface area contributed by atoms with E-state index in [1.54, 1.807) is 0 Å². The van der Waals surface area contributed by atoms with Crippen molar-refractivity contribution in [2.75, 3.05) is 0 Å². The van der Waals surface area contributed by atoms with Crippen molar-refractivity contribution in [2.24, 2.45) is 0 Å². The van der Waals surface area contributed by atoms with Crippen molar-refractivity contribution in [1.29, 1.82) is 0 Å². The maximum absolute atomic E-state index is 12.0. The van der Waals surface area contributed by atoms with Crippen LogP contribution in [0.1, 0.15) is 193 Å². The molecule has 0 fully saturated rings. The van der Waals surface area contributed by atoms with Gasteiger partial charge < -0.3 is 149 Å². The van der Waals surface area contributed by atoms with E-state index in [-0.39, 0.29) is 212 Å². The van der Waals surface area contributed by atoms with Gasteiger partial charge in [0.25, 0.3) is 0 Å². The zero-order chi connectivity index (χ0) is 77.2. The largest absolute Gasteiger partial charge is 3.00 e. The fraction of sp³-hybridized carbons (Fsp3) is 0. The standard InChI is InChI=1S/3C24H14N4O8.4Rh/c3*29-21(30)17-9-1-2-10(25-9)18(22(31)32)12-5-6-14(27-12)20(24(35)36)16-8-7-15(28-16)19(23(33)34)13-4-3-11(17)26-13;;;;/h3*1-8,25,28H,(H,29,30)(H,31,32)(H,33,34)(H,35,36);;;;/q;;;4*+3/p-12. The molecule has 0 unspecified atom stereocenters. The van der Waals surface area contributed by atoms with Gasteiger partial charge in [0.15, 0.2) is 0 Å². The van der Waals surface area contributed by atoms with Crippen LogP contribution in [0.25, 0.3) is 139 Å². The quantitative estimate of drug-likeness (QED) is 0.0621. The van der Waals surface area contributed by atoms with E-state index in [1.165, 1.54) is 146 Å². The molecule has 9 aromatic rings. The van der Waals surface area contributed by atoms with Crippen LogP contribution in [0.4, 0.5) is 0 Å². The van der Waals surface area contributed by atoms with Gasteiger partial charge >= 0.3 is 77.9 Å². The molecule has 0 amide bonds. The Balaban J connectivity index is 0.000000189. The van der Waals surface area contributed by atoms with Crippen LogP contribution in [0.2, 0.25) is 0 Å². The molecule has 0 spiro atoms. The van der Waals surface area contributed by atoms with Crippen molar-refractivity contribution in [3.05, 3.63) is 208 Å². The van der Waals surface area contributed by atoms with E-state index in [0.29, 0.717) is 0 Å². The van der Waals surface area contributed by atoms with Crippen LogP contribution in [0.15, 0.2) is 72.8 Å². The van der Waals surface area contributed by atoms with Gasteiger partial charge in [0.2, 0.25) is 0 Å². The summed E-state index contributed by atoms with van der Waals surface area (Å²) in [6.45, 7) is 0. The molecule has 6 aliphatic heterocycles. The van der Waals surface area contributed by atoms with E-state index in [1.807, 2.05) is 0 Å². The van der Waals surface area contributed by atoms with Crippen molar-refractivity contribution in [3.63, 3.8) is 0 Å². The number of carboxylic acid groups (broad SMARTS) is 12. The first-order valence-electron chi connectivity index (χ1n) is 30.5. The van der Waals surface area contributed by atoms with Gasteiger partial charge in [-0.05, 0) is 146 Å². The zero-order valence-corrected chi connectivity index (χ0v) is 61.2. The molecule has 9 aromatic heterocycles. The number of aromatic amines is 6. The summed E-state index contributed by atoms with van der Waals surface area (Å²) in [6, 6.07) is 15.2. The summed E-state index contributed by atoms with van der Waals surface area (Å²) in [5.41, 5.74) is -8.84. The molecule has 558 valence electrons. The van der Waals surface area contributed by atoms with Gasteiger partial charge in [0.05, 0.1) is 140 Å². The van der Waals surface area contributed by atoms with Gasteiger partial charge in [0.1, 0.15) is 0 Å². The van der Waals surface area contributed by atoms with Crippen molar-refractivity contribution in [3.8, 4) is 0 Å². The number of aromatic nitrogens is 12. The number of nitrogens with zero attached hydrogens (tertiary/aromatic N) is 6. The van der Waals surface area contributed by atoms with Gasteiger partial charge in [-0.15, -0.1) is 0 Å². The van der Waals surface area contributed by atoms with Crippen LogP contribution in [0.5, 0.6) is 0 Å². The first-order chi connectivity index (χ1) is 51.5. The molecule has 6 N–H and O–H groups in total. The predicted molar refractivity (Wildman–Crippen MR) is 349 cm³/mol. The third kappa shape index (κ3) is 15.3. The molecule has 0 saturated carbocycles. The Labute approximate surface area is 670 Å². The van der Waals surface area contributed by atoms with Crippen LogP contribution in [0.3, 0.4) is 0 Å². The Morgan fingerprint density at radius 3 is 0.295 bits per heavy atom. The predicted octanol–water partition coefficient (Wildman–Crippen LogP) is -5.68. The topological polar surface area (TPSA) is 654 Å². The molecule has 0 saturated heterocycles. The van der Waals surface area contributed by atoms with Crippen molar-refractivity contribution >= 4 is 211 Å². The summed E-state index contributed by atoms with van der Waals surface area (Å²) in [6.07, 6.45) is 14.8. The molecule has 15 rings (SSSR count). The molecule has 0 aliphatic carbocycles. The average molecular weight is 1860 g/mol. The minimum Gasteiger partial charge on any atom is -0.545 e. The van der Waals surface area contributed by atoms with Crippen molar-refractivity contribution < 1.29 is 197 Å². The maximum atomic E-state index is 12.0. The molecule has 112 heavy (non-hydrogen) atoms. The van der Waals surface area contributed by atoms with Gasteiger partial charge in [-0.3, -0.25) is 0 Å². The second-order valence-electron chi connectivity index (χ2n) is 23.0. The van der Waals surface area contributed by atoms with Crippen molar-refractivity contribution in [1.82, 2.24) is 59.8 Å². The maximum Gasteiger partial charge on any atom is 3.00 e. The molecule has 6 aliphatic rings. The van der Waals surface area contributed by atoms with Crippen LogP contribution in [-0.4, -0.2) is 131 Å². The number of carbonyl (C=O) groups is 12. The van der Waals surface area contributed by atoms with E-state index in [2.05, 4.69) is 59.8 Å². The molecule has 0 aromatic carbocycles.